The topological polar surface area (TPSA) is 173 Å². The highest BCUT2D eigenvalue weighted by atomic mass is 32.1. The van der Waals surface area contributed by atoms with Crippen LogP contribution in [0.25, 0.3) is 21.6 Å². The van der Waals surface area contributed by atoms with Gasteiger partial charge in [0.05, 0.1) is 6.61 Å². The molecule has 248 valence electrons. The third kappa shape index (κ3) is 6.28. The number of hydrogen-bond acceptors (Lipinski definition) is 8. The maximum absolute atomic E-state index is 14.1. The van der Waals surface area contributed by atoms with Gasteiger partial charge in [-0.1, -0.05) is 31.4 Å². The number of aryl methyl sites for hydroxylation is 1. The molecule has 2 aliphatic rings. The Morgan fingerprint density at radius 3 is 2.48 bits per heavy atom. The third-order valence-corrected chi connectivity index (χ3v) is 10.1. The Morgan fingerprint density at radius 2 is 1.77 bits per heavy atom. The molecule has 6 N–H and O–H groups in total. The number of thiophene rings is 1. The van der Waals surface area contributed by atoms with E-state index in [2.05, 4.69) is 20.9 Å². The van der Waals surface area contributed by atoms with Gasteiger partial charge < -0.3 is 31.5 Å². The van der Waals surface area contributed by atoms with Gasteiger partial charge in [0.25, 0.3) is 11.8 Å². The summed E-state index contributed by atoms with van der Waals surface area (Å²) in [5, 5.41) is 20.8. The molecule has 1 aliphatic heterocycles. The number of aromatic carboxylic acids is 1. The average Bonchev–Trinajstić information content (AvgIpc) is 3.49. The lowest BCUT2D eigenvalue weighted by atomic mass is 9.80. The predicted molar refractivity (Wildman–Crippen MR) is 184 cm³/mol. The molecular formula is C36H37N5O6S. The van der Waals surface area contributed by atoms with E-state index < -0.39 is 29.0 Å². The van der Waals surface area contributed by atoms with Crippen LogP contribution in [0.2, 0.25) is 0 Å². The lowest BCUT2D eigenvalue weighted by Gasteiger charge is -2.36. The number of carboxylic acids is 1. The first-order chi connectivity index (χ1) is 23.1. The number of likely N-dealkylation sites (N-methyl/N-ethyl adjacent to an activating group) is 1. The number of nitrogens with zero attached hydrogens (tertiary/aromatic N) is 1. The lowest BCUT2D eigenvalue weighted by molar-refractivity contribution is -0.128. The van der Waals surface area contributed by atoms with Crippen molar-refractivity contribution in [1.82, 2.24) is 15.6 Å². The largest absolute Gasteiger partial charge is 0.493 e. The number of fused-ring (bicyclic) bond motifs is 3. The Bertz CT molecular complexity index is 1930. The Hall–Kier alpha value is -5.07. The van der Waals surface area contributed by atoms with E-state index in [-0.39, 0.29) is 28.3 Å². The van der Waals surface area contributed by atoms with Crippen molar-refractivity contribution in [2.24, 2.45) is 5.73 Å². The van der Waals surface area contributed by atoms with Gasteiger partial charge in [-0.15, -0.1) is 11.3 Å². The number of benzene rings is 2. The first-order valence-corrected chi connectivity index (χ1v) is 16.8. The maximum atomic E-state index is 14.1. The molecule has 0 unspecified atom stereocenters. The molecule has 3 heterocycles. The molecule has 1 fully saturated rings. The highest BCUT2D eigenvalue weighted by Gasteiger charge is 2.41. The standard InChI is InChI=1S/C36H37N5O6S/c1-20-16-21(19-37)6-8-27(20)40-32(42)25-17-26-29(47-14-10-22-11-15-48-31(22)26)18-24(25)23-7-9-28(39-30(23)34(44)45)33(43)41-36(35(46)38-2)12-4-3-5-13-36/h6-9,11,15-18H,3-5,10,12-14,19,37H2,1-2H3,(H,38,46)(H,40,42)(H,41,43)(H,44,45). The minimum atomic E-state index is -1.38. The molecular weight excluding hydrogens is 630 g/mol. The summed E-state index contributed by atoms with van der Waals surface area (Å²) in [6, 6.07) is 13.9. The molecule has 6 rings (SSSR count). The fourth-order valence-electron chi connectivity index (χ4n) is 6.56. The Morgan fingerprint density at radius 1 is 0.979 bits per heavy atom. The number of nitrogens with two attached hydrogens (primary N) is 1. The van der Waals surface area contributed by atoms with Crippen molar-refractivity contribution >= 4 is 40.7 Å². The van der Waals surface area contributed by atoms with Gasteiger partial charge in [0.15, 0.2) is 5.69 Å². The first kappa shape index (κ1) is 32.9. The van der Waals surface area contributed by atoms with Gasteiger partial charge in [-0.3, -0.25) is 14.4 Å². The highest BCUT2D eigenvalue weighted by Crippen LogP contribution is 2.43. The van der Waals surface area contributed by atoms with E-state index in [4.69, 9.17) is 10.5 Å². The molecule has 3 amide bonds. The van der Waals surface area contributed by atoms with Crippen LogP contribution in [0, 0.1) is 6.92 Å². The van der Waals surface area contributed by atoms with E-state index >= 15 is 0 Å². The smallest absolute Gasteiger partial charge is 0.355 e. The second-order valence-corrected chi connectivity index (χ2v) is 13.1. The zero-order chi connectivity index (χ0) is 34.0. The average molecular weight is 668 g/mol. The molecule has 0 spiro atoms. The second kappa shape index (κ2) is 13.6. The van der Waals surface area contributed by atoms with Crippen LogP contribution in [0.5, 0.6) is 5.75 Å². The molecule has 11 nitrogen and oxygen atoms in total. The predicted octanol–water partition coefficient (Wildman–Crippen LogP) is 5.31. The maximum Gasteiger partial charge on any atom is 0.355 e. The number of hydrogen-bond donors (Lipinski definition) is 5. The van der Waals surface area contributed by atoms with Gasteiger partial charge in [0.2, 0.25) is 5.91 Å². The van der Waals surface area contributed by atoms with Gasteiger partial charge in [-0.05, 0) is 78.2 Å². The Balaban J connectivity index is 1.44. The van der Waals surface area contributed by atoms with Gasteiger partial charge in [-0.2, -0.15) is 0 Å². The molecule has 48 heavy (non-hydrogen) atoms. The molecule has 0 bridgehead atoms. The number of pyridine rings is 1. The summed E-state index contributed by atoms with van der Waals surface area (Å²) in [5.41, 5.74) is 8.92. The summed E-state index contributed by atoms with van der Waals surface area (Å²) < 4.78 is 6.13. The van der Waals surface area contributed by atoms with E-state index in [1.807, 2.05) is 30.5 Å². The zero-order valence-electron chi connectivity index (χ0n) is 26.8. The Labute approximate surface area is 281 Å². The summed E-state index contributed by atoms with van der Waals surface area (Å²) in [5.74, 6) is -2.28. The van der Waals surface area contributed by atoms with Crippen LogP contribution in [-0.4, -0.2) is 53.0 Å². The van der Waals surface area contributed by atoms with Gasteiger partial charge in [0, 0.05) is 52.8 Å². The third-order valence-electron chi connectivity index (χ3n) is 9.10. The molecule has 0 saturated heterocycles. The number of ether oxygens (including phenoxy) is 1. The molecule has 4 aromatic rings. The van der Waals surface area contributed by atoms with E-state index in [0.29, 0.717) is 43.9 Å². The normalized spacial score (nSPS) is 14.8. The monoisotopic (exact) mass is 667 g/mol. The van der Waals surface area contributed by atoms with Crippen molar-refractivity contribution in [3.8, 4) is 27.3 Å². The van der Waals surface area contributed by atoms with Gasteiger partial charge >= 0.3 is 5.97 Å². The van der Waals surface area contributed by atoms with Crippen molar-refractivity contribution in [3.05, 3.63) is 87.6 Å². The van der Waals surface area contributed by atoms with Gasteiger partial charge in [-0.25, -0.2) is 9.78 Å². The minimum absolute atomic E-state index is 0.139. The molecule has 0 radical (unpaired) electrons. The van der Waals surface area contributed by atoms with Crippen LogP contribution in [-0.2, 0) is 17.8 Å². The van der Waals surface area contributed by atoms with E-state index in [1.165, 1.54) is 19.2 Å². The van der Waals surface area contributed by atoms with Crippen molar-refractivity contribution in [1.29, 1.82) is 0 Å². The van der Waals surface area contributed by atoms with E-state index in [1.54, 1.807) is 29.5 Å². The number of carbonyl (C=O) groups is 4. The van der Waals surface area contributed by atoms with Crippen LogP contribution in [0.15, 0.2) is 53.9 Å². The number of rotatable bonds is 8. The fraction of sp³-hybridized carbons (Fsp3) is 0.306. The summed E-state index contributed by atoms with van der Waals surface area (Å²) in [7, 11) is 1.52. The highest BCUT2D eigenvalue weighted by molar-refractivity contribution is 7.13. The number of aromatic nitrogens is 1. The molecule has 0 atom stereocenters. The van der Waals surface area contributed by atoms with E-state index in [9.17, 15) is 24.3 Å². The molecule has 1 aliphatic carbocycles. The number of nitrogens with one attached hydrogen (secondary N) is 3. The first-order valence-electron chi connectivity index (χ1n) is 15.9. The zero-order valence-corrected chi connectivity index (χ0v) is 27.6. The molecule has 2 aromatic heterocycles. The SMILES string of the molecule is CNC(=O)C1(NC(=O)c2ccc(-c3cc4c(cc3C(=O)Nc3ccc(CN)cc3C)-c3sccc3CCO4)c(C(=O)O)n2)CCCCC1. The number of carboxylic acid groups (broad SMARTS) is 1. The van der Waals surface area contributed by atoms with Crippen molar-refractivity contribution in [2.75, 3.05) is 19.0 Å². The number of carbonyl (C=O) groups excluding carboxylic acids is 3. The summed E-state index contributed by atoms with van der Waals surface area (Å²) >= 11 is 1.54. The van der Waals surface area contributed by atoms with Crippen molar-refractivity contribution < 1.29 is 29.0 Å². The summed E-state index contributed by atoms with van der Waals surface area (Å²) in [6.45, 7) is 2.64. The minimum Gasteiger partial charge on any atom is -0.493 e. The van der Waals surface area contributed by atoms with Crippen LogP contribution in [0.1, 0.15) is 80.1 Å². The van der Waals surface area contributed by atoms with Crippen LogP contribution >= 0.6 is 11.3 Å². The summed E-state index contributed by atoms with van der Waals surface area (Å²) in [4.78, 5) is 58.4. The molecule has 2 aromatic carbocycles. The lowest BCUT2D eigenvalue weighted by Crippen LogP contribution is -2.59. The molecule has 12 heteroatoms. The van der Waals surface area contributed by atoms with Gasteiger partial charge in [0.1, 0.15) is 17.0 Å². The van der Waals surface area contributed by atoms with Crippen molar-refractivity contribution in [3.63, 3.8) is 0 Å². The van der Waals surface area contributed by atoms with Crippen LogP contribution < -0.4 is 26.4 Å². The second-order valence-electron chi connectivity index (χ2n) is 12.1. The Kier molecular flexibility index (Phi) is 9.29. The fourth-order valence-corrected chi connectivity index (χ4v) is 7.54. The molecule has 1 saturated carbocycles. The number of amides is 3. The number of anilines is 1. The summed E-state index contributed by atoms with van der Waals surface area (Å²) in [6.07, 6.45) is 4.12. The quantitative estimate of drug-likeness (QED) is 0.168. The van der Waals surface area contributed by atoms with Crippen LogP contribution in [0.3, 0.4) is 0 Å². The van der Waals surface area contributed by atoms with Crippen molar-refractivity contribution in [2.45, 2.75) is 57.5 Å². The van der Waals surface area contributed by atoms with Crippen LogP contribution in [0.4, 0.5) is 5.69 Å². The van der Waals surface area contributed by atoms with E-state index in [0.717, 1.165) is 46.4 Å².